The number of methoxy groups -OCH3 is 1. The van der Waals surface area contributed by atoms with Gasteiger partial charge >= 0.3 is 0 Å². The van der Waals surface area contributed by atoms with Gasteiger partial charge in [0.1, 0.15) is 5.75 Å². The first-order valence-corrected chi connectivity index (χ1v) is 6.35. The summed E-state index contributed by atoms with van der Waals surface area (Å²) in [5.74, 6) is 1.40. The lowest BCUT2D eigenvalue weighted by Gasteiger charge is -2.17. The molecule has 1 aromatic carbocycles. The van der Waals surface area contributed by atoms with Gasteiger partial charge in [0.15, 0.2) is 0 Å². The molecule has 2 rings (SSSR count). The van der Waals surface area contributed by atoms with E-state index in [4.69, 9.17) is 4.74 Å². The van der Waals surface area contributed by atoms with Crippen LogP contribution in [0.4, 0.5) is 0 Å². The molecule has 0 unspecified atom stereocenters. The van der Waals surface area contributed by atoms with E-state index in [1.807, 2.05) is 0 Å². The lowest BCUT2D eigenvalue weighted by molar-refractivity contribution is 0.150. The summed E-state index contributed by atoms with van der Waals surface area (Å²) in [6.45, 7) is 6.43. The van der Waals surface area contributed by atoms with Crippen LogP contribution in [0.2, 0.25) is 0 Å². The van der Waals surface area contributed by atoms with Crippen molar-refractivity contribution in [1.29, 1.82) is 0 Å². The fraction of sp³-hybridized carbons (Fsp3) is 0.600. The molecule has 0 aliphatic heterocycles. The summed E-state index contributed by atoms with van der Waals surface area (Å²) in [6, 6.07) is 4.30. The molecule has 1 saturated carbocycles. The first-order valence-electron chi connectivity index (χ1n) is 6.35. The van der Waals surface area contributed by atoms with Gasteiger partial charge in [-0.05, 0) is 48.4 Å². The molecule has 0 atom stereocenters. The monoisotopic (exact) mass is 234 g/mol. The van der Waals surface area contributed by atoms with Crippen LogP contribution in [0.3, 0.4) is 0 Å². The number of hydrogen-bond donors (Lipinski definition) is 1. The molecule has 0 spiro atoms. The van der Waals surface area contributed by atoms with Crippen LogP contribution in [0.25, 0.3) is 0 Å². The highest BCUT2D eigenvalue weighted by atomic mass is 16.5. The van der Waals surface area contributed by atoms with Gasteiger partial charge in [0.05, 0.1) is 12.7 Å². The summed E-state index contributed by atoms with van der Waals surface area (Å²) in [4.78, 5) is 0. The highest BCUT2D eigenvalue weighted by Crippen LogP contribution is 2.40. The Morgan fingerprint density at radius 1 is 1.35 bits per heavy atom. The molecule has 0 bridgehead atoms. The molecule has 1 N–H and O–H groups in total. The molecule has 94 valence electrons. The van der Waals surface area contributed by atoms with Crippen molar-refractivity contribution in [3.8, 4) is 5.75 Å². The Hall–Kier alpha value is -1.02. The first-order chi connectivity index (χ1) is 7.95. The van der Waals surface area contributed by atoms with E-state index < -0.39 is 5.60 Å². The van der Waals surface area contributed by atoms with Crippen LogP contribution in [-0.4, -0.2) is 17.8 Å². The second-order valence-corrected chi connectivity index (χ2v) is 5.58. The summed E-state index contributed by atoms with van der Waals surface area (Å²) in [5, 5.41) is 10.0. The van der Waals surface area contributed by atoms with Gasteiger partial charge in [-0.25, -0.2) is 0 Å². The number of aryl methyl sites for hydroxylation is 1. The quantitative estimate of drug-likeness (QED) is 0.867. The topological polar surface area (TPSA) is 29.5 Å². The SMILES string of the molecule is COc1cc(C)c(CC2(O)CC2)cc1C(C)C. The van der Waals surface area contributed by atoms with E-state index >= 15 is 0 Å². The van der Waals surface area contributed by atoms with Crippen molar-refractivity contribution in [2.75, 3.05) is 7.11 Å². The summed E-state index contributed by atoms with van der Waals surface area (Å²) < 4.78 is 5.43. The normalized spacial score (nSPS) is 17.3. The van der Waals surface area contributed by atoms with Crippen molar-refractivity contribution in [2.24, 2.45) is 0 Å². The van der Waals surface area contributed by atoms with E-state index in [1.54, 1.807) is 7.11 Å². The Morgan fingerprint density at radius 2 is 2.00 bits per heavy atom. The van der Waals surface area contributed by atoms with Crippen molar-refractivity contribution >= 4 is 0 Å². The van der Waals surface area contributed by atoms with E-state index in [-0.39, 0.29) is 0 Å². The lowest BCUT2D eigenvalue weighted by Crippen LogP contribution is -2.12. The molecule has 17 heavy (non-hydrogen) atoms. The second kappa shape index (κ2) is 4.34. The zero-order valence-electron chi connectivity index (χ0n) is 11.2. The van der Waals surface area contributed by atoms with Crippen molar-refractivity contribution in [3.63, 3.8) is 0 Å². The van der Waals surface area contributed by atoms with Crippen molar-refractivity contribution in [1.82, 2.24) is 0 Å². The highest BCUT2D eigenvalue weighted by Gasteiger charge is 2.40. The maximum absolute atomic E-state index is 10.0. The minimum Gasteiger partial charge on any atom is -0.496 e. The predicted molar refractivity (Wildman–Crippen MR) is 69.7 cm³/mol. The third kappa shape index (κ3) is 2.63. The molecule has 1 aliphatic carbocycles. The third-order valence-electron chi connectivity index (χ3n) is 3.66. The summed E-state index contributed by atoms with van der Waals surface area (Å²) in [5.41, 5.74) is 3.28. The third-order valence-corrected chi connectivity index (χ3v) is 3.66. The highest BCUT2D eigenvalue weighted by molar-refractivity contribution is 5.44. The Bertz CT molecular complexity index is 417. The van der Waals surface area contributed by atoms with Gasteiger partial charge in [0.2, 0.25) is 0 Å². The van der Waals surface area contributed by atoms with Gasteiger partial charge < -0.3 is 9.84 Å². The Morgan fingerprint density at radius 3 is 2.47 bits per heavy atom. The summed E-state index contributed by atoms with van der Waals surface area (Å²) in [7, 11) is 1.72. The standard InChI is InChI=1S/C15H22O2/c1-10(2)13-8-12(9-15(16)5-6-15)11(3)7-14(13)17-4/h7-8,10,16H,5-6,9H2,1-4H3. The van der Waals surface area contributed by atoms with Crippen LogP contribution in [0.5, 0.6) is 5.75 Å². The van der Waals surface area contributed by atoms with Crippen molar-refractivity contribution in [3.05, 3.63) is 28.8 Å². The van der Waals surface area contributed by atoms with Crippen LogP contribution in [-0.2, 0) is 6.42 Å². The van der Waals surface area contributed by atoms with Crippen molar-refractivity contribution < 1.29 is 9.84 Å². The van der Waals surface area contributed by atoms with Crippen LogP contribution in [0, 0.1) is 6.92 Å². The van der Waals surface area contributed by atoms with Crippen LogP contribution in [0.15, 0.2) is 12.1 Å². The Balaban J connectivity index is 2.35. The van der Waals surface area contributed by atoms with Gasteiger partial charge in [-0.1, -0.05) is 19.9 Å². The molecule has 0 radical (unpaired) electrons. The molecule has 2 heteroatoms. The number of aliphatic hydroxyl groups is 1. The lowest BCUT2D eigenvalue weighted by atomic mass is 9.93. The molecule has 0 aromatic heterocycles. The van der Waals surface area contributed by atoms with Gasteiger partial charge in [0.25, 0.3) is 0 Å². The molecule has 2 nitrogen and oxygen atoms in total. The molecule has 0 amide bonds. The van der Waals surface area contributed by atoms with E-state index in [2.05, 4.69) is 32.9 Å². The number of benzene rings is 1. The van der Waals surface area contributed by atoms with E-state index in [1.165, 1.54) is 16.7 Å². The van der Waals surface area contributed by atoms with E-state index in [0.717, 1.165) is 25.0 Å². The maximum atomic E-state index is 10.0. The smallest absolute Gasteiger partial charge is 0.122 e. The molecule has 1 aliphatic rings. The summed E-state index contributed by atoms with van der Waals surface area (Å²) in [6.07, 6.45) is 2.66. The predicted octanol–water partition coefficient (Wildman–Crippen LogP) is 3.19. The fourth-order valence-electron chi connectivity index (χ4n) is 2.24. The average Bonchev–Trinajstić information content (AvgIpc) is 2.98. The maximum Gasteiger partial charge on any atom is 0.122 e. The minimum absolute atomic E-state index is 0.423. The molecule has 1 aromatic rings. The minimum atomic E-state index is -0.423. The van der Waals surface area contributed by atoms with Gasteiger partial charge in [-0.2, -0.15) is 0 Å². The zero-order chi connectivity index (χ0) is 12.6. The van der Waals surface area contributed by atoms with E-state index in [9.17, 15) is 5.11 Å². The first kappa shape index (κ1) is 12.4. The number of ether oxygens (including phenoxy) is 1. The molecule has 0 heterocycles. The van der Waals surface area contributed by atoms with Gasteiger partial charge in [-0.15, -0.1) is 0 Å². The van der Waals surface area contributed by atoms with Crippen LogP contribution in [0.1, 0.15) is 49.3 Å². The fourth-order valence-corrected chi connectivity index (χ4v) is 2.24. The van der Waals surface area contributed by atoms with Gasteiger partial charge in [0, 0.05) is 6.42 Å². The Kier molecular flexibility index (Phi) is 3.17. The van der Waals surface area contributed by atoms with Gasteiger partial charge in [-0.3, -0.25) is 0 Å². The number of hydrogen-bond acceptors (Lipinski definition) is 2. The zero-order valence-corrected chi connectivity index (χ0v) is 11.2. The molecule has 0 saturated heterocycles. The van der Waals surface area contributed by atoms with Crippen LogP contribution < -0.4 is 4.74 Å². The molecular formula is C15H22O2. The summed E-state index contributed by atoms with van der Waals surface area (Å²) >= 11 is 0. The van der Waals surface area contributed by atoms with E-state index in [0.29, 0.717) is 5.92 Å². The second-order valence-electron chi connectivity index (χ2n) is 5.58. The molecular weight excluding hydrogens is 212 g/mol. The Labute approximate surface area is 104 Å². The average molecular weight is 234 g/mol. The van der Waals surface area contributed by atoms with Crippen molar-refractivity contribution in [2.45, 2.75) is 51.6 Å². The molecule has 1 fully saturated rings. The van der Waals surface area contributed by atoms with Crippen LogP contribution >= 0.6 is 0 Å². The largest absolute Gasteiger partial charge is 0.496 e. The number of rotatable bonds is 4.